The van der Waals surface area contributed by atoms with E-state index < -0.39 is 28.4 Å². The Balaban J connectivity index is 1.48. The predicted octanol–water partition coefficient (Wildman–Crippen LogP) is 3.80. The Morgan fingerprint density at radius 2 is 1.63 bits per heavy atom. The van der Waals surface area contributed by atoms with Crippen LogP contribution in [0.25, 0.3) is 10.8 Å². The average molecular weight is 532 g/mol. The molecule has 0 aliphatic carbocycles. The maximum atomic E-state index is 12.8. The zero-order chi connectivity index (χ0) is 27.1. The second kappa shape index (κ2) is 11.7. The van der Waals surface area contributed by atoms with E-state index in [4.69, 9.17) is 9.47 Å². The molecular formula is C28H25N3O6S. The van der Waals surface area contributed by atoms with Gasteiger partial charge in [-0.25, -0.2) is 23.4 Å². The van der Waals surface area contributed by atoms with Crippen LogP contribution in [0.1, 0.15) is 21.5 Å². The number of fused-ring (bicyclic) bond motifs is 1. The van der Waals surface area contributed by atoms with E-state index in [1.807, 2.05) is 37.3 Å². The molecule has 1 amide bonds. The molecule has 0 unspecified atom stereocenters. The molecule has 0 bridgehead atoms. The van der Waals surface area contributed by atoms with Crippen molar-refractivity contribution in [3.8, 4) is 11.5 Å². The summed E-state index contributed by atoms with van der Waals surface area (Å²) in [6.07, 6.45) is 1.35. The lowest BCUT2D eigenvalue weighted by Gasteiger charge is -2.11. The largest absolute Gasteiger partial charge is 0.497 e. The van der Waals surface area contributed by atoms with Gasteiger partial charge in [0.15, 0.2) is 0 Å². The number of nitrogens with one attached hydrogen (secondary N) is 2. The number of methoxy groups -OCH3 is 1. The zero-order valence-corrected chi connectivity index (χ0v) is 21.5. The fourth-order valence-corrected chi connectivity index (χ4v) is 4.54. The topological polar surface area (TPSA) is 123 Å². The zero-order valence-electron chi connectivity index (χ0n) is 20.7. The van der Waals surface area contributed by atoms with Crippen LogP contribution in [0.4, 0.5) is 0 Å². The normalized spacial score (nSPS) is 11.4. The summed E-state index contributed by atoms with van der Waals surface area (Å²) in [5.74, 6) is -0.402. The number of carbonyl (C=O) groups excluding carboxylic acids is 2. The minimum absolute atomic E-state index is 0.0541. The highest BCUT2D eigenvalue weighted by Crippen LogP contribution is 2.27. The van der Waals surface area contributed by atoms with E-state index in [1.54, 1.807) is 42.5 Å². The van der Waals surface area contributed by atoms with Crippen LogP contribution >= 0.6 is 0 Å². The van der Waals surface area contributed by atoms with Crippen molar-refractivity contribution in [3.63, 3.8) is 0 Å². The van der Waals surface area contributed by atoms with E-state index in [1.165, 1.54) is 25.5 Å². The van der Waals surface area contributed by atoms with E-state index in [9.17, 15) is 18.0 Å². The standard InChI is InChI=1S/C28H25N3O6S/c1-19-7-14-23(15-8-19)38(34,35)30-18-27(32)31-29-17-25-24-6-4-3-5-20(24)11-16-26(25)37-28(33)21-9-12-22(36-2)13-10-21/h3-17,30H,18H2,1-2H3,(H,31,32)/b29-17-. The Labute approximate surface area is 220 Å². The number of sulfonamides is 1. The second-order valence-corrected chi connectivity index (χ2v) is 10.0. The molecule has 10 heteroatoms. The van der Waals surface area contributed by atoms with Gasteiger partial charge in [-0.3, -0.25) is 4.79 Å². The predicted molar refractivity (Wildman–Crippen MR) is 144 cm³/mol. The molecule has 4 aromatic carbocycles. The fourth-order valence-electron chi connectivity index (χ4n) is 3.55. The monoisotopic (exact) mass is 531 g/mol. The van der Waals surface area contributed by atoms with Crippen molar-refractivity contribution in [1.82, 2.24) is 10.1 Å². The molecule has 0 aromatic heterocycles. The molecule has 0 spiro atoms. The van der Waals surface area contributed by atoms with Crippen molar-refractivity contribution in [2.24, 2.45) is 5.10 Å². The third-order valence-corrected chi connectivity index (χ3v) is 7.01. The van der Waals surface area contributed by atoms with Gasteiger partial charge in [0, 0.05) is 5.56 Å². The Morgan fingerprint density at radius 3 is 2.34 bits per heavy atom. The number of hydrogen-bond donors (Lipinski definition) is 2. The summed E-state index contributed by atoms with van der Waals surface area (Å²) in [6, 6.07) is 23.6. The van der Waals surface area contributed by atoms with Crippen LogP contribution in [0.5, 0.6) is 11.5 Å². The van der Waals surface area contributed by atoms with Gasteiger partial charge in [-0.05, 0) is 60.2 Å². The van der Waals surface area contributed by atoms with Crippen LogP contribution in [0, 0.1) is 6.92 Å². The Bertz CT molecular complexity index is 1600. The van der Waals surface area contributed by atoms with Crippen molar-refractivity contribution >= 4 is 38.9 Å². The molecule has 0 aliphatic rings. The summed E-state index contributed by atoms with van der Waals surface area (Å²) in [5, 5.41) is 5.58. The molecule has 4 rings (SSSR count). The average Bonchev–Trinajstić information content (AvgIpc) is 2.93. The van der Waals surface area contributed by atoms with Crippen molar-refractivity contribution < 1.29 is 27.5 Å². The number of hydrogen-bond acceptors (Lipinski definition) is 7. The summed E-state index contributed by atoms with van der Waals surface area (Å²) in [6.45, 7) is 1.33. The first-order valence-electron chi connectivity index (χ1n) is 11.5. The molecule has 2 N–H and O–H groups in total. The Hall–Kier alpha value is -4.54. The summed E-state index contributed by atoms with van der Waals surface area (Å²) in [5.41, 5.74) is 4.01. The Kier molecular flexibility index (Phi) is 8.15. The van der Waals surface area contributed by atoms with Crippen molar-refractivity contribution in [1.29, 1.82) is 0 Å². The van der Waals surface area contributed by atoms with E-state index in [0.717, 1.165) is 16.3 Å². The van der Waals surface area contributed by atoms with Crippen molar-refractivity contribution in [3.05, 3.63) is 102 Å². The number of nitrogens with zero attached hydrogens (tertiary/aromatic N) is 1. The van der Waals surface area contributed by atoms with Gasteiger partial charge in [0.25, 0.3) is 5.91 Å². The number of amides is 1. The highest BCUT2D eigenvalue weighted by atomic mass is 32.2. The summed E-state index contributed by atoms with van der Waals surface area (Å²) < 4.78 is 37.8. The molecule has 0 atom stereocenters. The maximum absolute atomic E-state index is 12.8. The third-order valence-electron chi connectivity index (χ3n) is 5.60. The maximum Gasteiger partial charge on any atom is 0.343 e. The van der Waals surface area contributed by atoms with E-state index in [0.29, 0.717) is 16.9 Å². The lowest BCUT2D eigenvalue weighted by atomic mass is 10.0. The van der Waals surface area contributed by atoms with Crippen LogP contribution in [-0.2, 0) is 14.8 Å². The molecular weight excluding hydrogens is 506 g/mol. The highest BCUT2D eigenvalue weighted by molar-refractivity contribution is 7.89. The summed E-state index contributed by atoms with van der Waals surface area (Å²) >= 11 is 0. The molecule has 4 aromatic rings. The molecule has 194 valence electrons. The number of carbonyl (C=O) groups is 2. The molecule has 0 heterocycles. The van der Waals surface area contributed by atoms with Gasteiger partial charge in [0.05, 0.1) is 30.3 Å². The van der Waals surface area contributed by atoms with E-state index in [2.05, 4.69) is 15.2 Å². The van der Waals surface area contributed by atoms with Gasteiger partial charge >= 0.3 is 5.97 Å². The second-order valence-electron chi connectivity index (χ2n) is 8.25. The number of hydrazone groups is 1. The summed E-state index contributed by atoms with van der Waals surface area (Å²) in [7, 11) is -2.32. The van der Waals surface area contributed by atoms with Gasteiger partial charge in [-0.15, -0.1) is 0 Å². The number of benzene rings is 4. The minimum Gasteiger partial charge on any atom is -0.497 e. The van der Waals surface area contributed by atoms with E-state index >= 15 is 0 Å². The number of rotatable bonds is 9. The number of aryl methyl sites for hydroxylation is 1. The quantitative estimate of drug-likeness (QED) is 0.147. The molecule has 0 radical (unpaired) electrons. The first-order valence-corrected chi connectivity index (χ1v) is 13.0. The highest BCUT2D eigenvalue weighted by Gasteiger charge is 2.16. The molecule has 0 saturated carbocycles. The van der Waals surface area contributed by atoms with Crippen LogP contribution in [0.15, 0.2) is 94.9 Å². The number of ether oxygens (including phenoxy) is 2. The molecule has 0 fully saturated rings. The molecule has 0 saturated heterocycles. The first kappa shape index (κ1) is 26.5. The van der Waals surface area contributed by atoms with Gasteiger partial charge in [-0.2, -0.15) is 5.10 Å². The van der Waals surface area contributed by atoms with Crippen LogP contribution in [0.3, 0.4) is 0 Å². The minimum atomic E-state index is -3.86. The van der Waals surface area contributed by atoms with Gasteiger partial charge in [-0.1, -0.05) is 48.0 Å². The van der Waals surface area contributed by atoms with Crippen LogP contribution in [0.2, 0.25) is 0 Å². The van der Waals surface area contributed by atoms with Crippen molar-refractivity contribution in [2.75, 3.05) is 13.7 Å². The lowest BCUT2D eigenvalue weighted by molar-refractivity contribution is -0.119. The molecule has 9 nitrogen and oxygen atoms in total. The lowest BCUT2D eigenvalue weighted by Crippen LogP contribution is -2.34. The van der Waals surface area contributed by atoms with Crippen LogP contribution in [-0.4, -0.2) is 40.2 Å². The summed E-state index contributed by atoms with van der Waals surface area (Å²) in [4.78, 5) is 25.1. The SMILES string of the molecule is COc1ccc(C(=O)Oc2ccc3ccccc3c2/C=N\NC(=O)CNS(=O)(=O)c2ccc(C)cc2)cc1. The first-order chi connectivity index (χ1) is 18.3. The van der Waals surface area contributed by atoms with Gasteiger partial charge in [0.1, 0.15) is 11.5 Å². The fraction of sp³-hybridized carbons (Fsp3) is 0.107. The molecule has 38 heavy (non-hydrogen) atoms. The van der Waals surface area contributed by atoms with Gasteiger partial charge in [0.2, 0.25) is 10.0 Å². The third kappa shape index (κ3) is 6.41. The smallest absolute Gasteiger partial charge is 0.343 e. The molecule has 0 aliphatic heterocycles. The van der Waals surface area contributed by atoms with Crippen LogP contribution < -0.4 is 19.6 Å². The van der Waals surface area contributed by atoms with Crippen molar-refractivity contribution in [2.45, 2.75) is 11.8 Å². The Morgan fingerprint density at radius 1 is 0.921 bits per heavy atom. The number of esters is 1. The van der Waals surface area contributed by atoms with Gasteiger partial charge < -0.3 is 9.47 Å². The van der Waals surface area contributed by atoms with E-state index in [-0.39, 0.29) is 10.6 Å².